The van der Waals surface area contributed by atoms with Crippen LogP contribution in [0, 0.1) is 5.92 Å². The van der Waals surface area contributed by atoms with Crippen LogP contribution in [0.15, 0.2) is 0 Å². The van der Waals surface area contributed by atoms with Gasteiger partial charge in [-0.25, -0.2) is 0 Å². The Morgan fingerprint density at radius 2 is 2.19 bits per heavy atom. The van der Waals surface area contributed by atoms with E-state index in [0.29, 0.717) is 18.6 Å². The van der Waals surface area contributed by atoms with Gasteiger partial charge >= 0.3 is 0 Å². The molecule has 0 aliphatic carbocycles. The fraction of sp³-hybridized carbons (Fsp3) is 0.938. The Labute approximate surface area is 129 Å². The highest BCUT2D eigenvalue weighted by molar-refractivity contribution is 5.81. The van der Waals surface area contributed by atoms with Crippen LogP contribution in [0.1, 0.15) is 40.0 Å². The fourth-order valence-corrected chi connectivity index (χ4v) is 2.64. The molecule has 0 aromatic carbocycles. The summed E-state index contributed by atoms with van der Waals surface area (Å²) in [5, 5.41) is 6.55. The summed E-state index contributed by atoms with van der Waals surface area (Å²) in [5.41, 5.74) is 0. The van der Waals surface area contributed by atoms with E-state index in [9.17, 15) is 4.79 Å². The molecule has 0 aromatic heterocycles. The number of amides is 1. The van der Waals surface area contributed by atoms with Gasteiger partial charge in [0.2, 0.25) is 5.91 Å². The van der Waals surface area contributed by atoms with Gasteiger partial charge in [0.25, 0.3) is 0 Å². The standard InChI is InChI=1S/C16H33N3O2/c1-13(2)7-9-18-16(20)14(3)19(10-11-21-4)12-15-6-5-8-17-15/h13-15,17H,5-12H2,1-4H3,(H,18,20). The maximum absolute atomic E-state index is 12.3. The molecule has 5 nitrogen and oxygen atoms in total. The first-order valence-electron chi connectivity index (χ1n) is 8.28. The SMILES string of the molecule is COCCN(CC1CCCN1)C(C)C(=O)NCCC(C)C. The van der Waals surface area contributed by atoms with Crippen molar-refractivity contribution in [3.05, 3.63) is 0 Å². The molecule has 0 spiro atoms. The van der Waals surface area contributed by atoms with Crippen LogP contribution in [0.3, 0.4) is 0 Å². The molecule has 0 aromatic rings. The summed E-state index contributed by atoms with van der Waals surface area (Å²) in [5.74, 6) is 0.748. The summed E-state index contributed by atoms with van der Waals surface area (Å²) >= 11 is 0. The van der Waals surface area contributed by atoms with Gasteiger partial charge in [-0.1, -0.05) is 13.8 Å². The number of ether oxygens (including phenoxy) is 1. The van der Waals surface area contributed by atoms with Crippen molar-refractivity contribution < 1.29 is 9.53 Å². The number of carbonyl (C=O) groups excluding carboxylic acids is 1. The average Bonchev–Trinajstić information content (AvgIpc) is 2.95. The van der Waals surface area contributed by atoms with E-state index >= 15 is 0 Å². The Kier molecular flexibility index (Phi) is 8.88. The van der Waals surface area contributed by atoms with E-state index in [1.807, 2.05) is 6.92 Å². The molecule has 2 N–H and O–H groups in total. The van der Waals surface area contributed by atoms with Gasteiger partial charge in [-0.05, 0) is 38.6 Å². The van der Waals surface area contributed by atoms with Gasteiger partial charge in [0.05, 0.1) is 12.6 Å². The molecule has 2 unspecified atom stereocenters. The van der Waals surface area contributed by atoms with Crippen molar-refractivity contribution in [1.29, 1.82) is 0 Å². The van der Waals surface area contributed by atoms with E-state index in [1.54, 1.807) is 7.11 Å². The molecule has 1 saturated heterocycles. The molecule has 1 fully saturated rings. The van der Waals surface area contributed by atoms with E-state index < -0.39 is 0 Å². The molecule has 1 rings (SSSR count). The quantitative estimate of drug-likeness (QED) is 0.637. The number of methoxy groups -OCH3 is 1. The number of hydrogen-bond acceptors (Lipinski definition) is 4. The van der Waals surface area contributed by atoms with E-state index in [0.717, 1.165) is 32.6 Å². The number of nitrogens with one attached hydrogen (secondary N) is 2. The summed E-state index contributed by atoms with van der Waals surface area (Å²) in [6, 6.07) is 0.405. The first-order valence-corrected chi connectivity index (χ1v) is 8.28. The summed E-state index contributed by atoms with van der Waals surface area (Å²) in [4.78, 5) is 14.5. The fourth-order valence-electron chi connectivity index (χ4n) is 2.64. The molecule has 2 atom stereocenters. The second kappa shape index (κ2) is 10.1. The number of rotatable bonds is 10. The van der Waals surface area contributed by atoms with Crippen molar-refractivity contribution in [1.82, 2.24) is 15.5 Å². The van der Waals surface area contributed by atoms with Crippen LogP contribution < -0.4 is 10.6 Å². The number of nitrogens with zero attached hydrogens (tertiary/aromatic N) is 1. The van der Waals surface area contributed by atoms with Crippen molar-refractivity contribution in [2.75, 3.05) is 39.9 Å². The molecule has 124 valence electrons. The third kappa shape index (κ3) is 7.25. The molecule has 0 bridgehead atoms. The predicted molar refractivity (Wildman–Crippen MR) is 86.4 cm³/mol. The minimum absolute atomic E-state index is 0.102. The van der Waals surface area contributed by atoms with Crippen LogP contribution >= 0.6 is 0 Å². The van der Waals surface area contributed by atoms with E-state index in [4.69, 9.17) is 4.74 Å². The van der Waals surface area contributed by atoms with E-state index in [2.05, 4.69) is 29.4 Å². The molecule has 1 aliphatic heterocycles. The van der Waals surface area contributed by atoms with Gasteiger partial charge in [-0.15, -0.1) is 0 Å². The first-order chi connectivity index (χ1) is 10.0. The molecule has 1 amide bonds. The molecule has 1 aliphatic rings. The van der Waals surface area contributed by atoms with Gasteiger partial charge in [0, 0.05) is 32.8 Å². The predicted octanol–water partition coefficient (Wildman–Crippen LogP) is 1.24. The van der Waals surface area contributed by atoms with Crippen LogP contribution in [0.4, 0.5) is 0 Å². The van der Waals surface area contributed by atoms with Crippen LogP contribution in [-0.2, 0) is 9.53 Å². The Balaban J connectivity index is 2.43. The molecular weight excluding hydrogens is 266 g/mol. The Hall–Kier alpha value is -0.650. The molecule has 1 heterocycles. The van der Waals surface area contributed by atoms with Crippen molar-refractivity contribution in [2.45, 2.75) is 52.1 Å². The maximum Gasteiger partial charge on any atom is 0.237 e. The largest absolute Gasteiger partial charge is 0.383 e. The summed E-state index contributed by atoms with van der Waals surface area (Å²) < 4.78 is 5.19. The molecule has 0 radical (unpaired) electrons. The Morgan fingerprint density at radius 1 is 1.43 bits per heavy atom. The number of hydrogen-bond donors (Lipinski definition) is 2. The number of carbonyl (C=O) groups is 1. The third-order valence-corrected chi connectivity index (χ3v) is 4.15. The lowest BCUT2D eigenvalue weighted by Gasteiger charge is -2.30. The Morgan fingerprint density at radius 3 is 2.76 bits per heavy atom. The molecule has 21 heavy (non-hydrogen) atoms. The van der Waals surface area contributed by atoms with Crippen LogP contribution in [0.25, 0.3) is 0 Å². The van der Waals surface area contributed by atoms with Gasteiger partial charge in [-0.2, -0.15) is 0 Å². The summed E-state index contributed by atoms with van der Waals surface area (Å²) in [6.07, 6.45) is 3.46. The van der Waals surface area contributed by atoms with Crippen molar-refractivity contribution >= 4 is 5.91 Å². The average molecular weight is 299 g/mol. The van der Waals surface area contributed by atoms with Gasteiger partial charge < -0.3 is 15.4 Å². The maximum atomic E-state index is 12.3. The molecule has 5 heteroatoms. The van der Waals surface area contributed by atoms with Crippen molar-refractivity contribution in [2.24, 2.45) is 5.92 Å². The second-order valence-electron chi connectivity index (χ2n) is 6.43. The lowest BCUT2D eigenvalue weighted by molar-refractivity contribution is -0.126. The zero-order chi connectivity index (χ0) is 15.7. The minimum Gasteiger partial charge on any atom is -0.383 e. The monoisotopic (exact) mass is 299 g/mol. The molecule has 0 saturated carbocycles. The van der Waals surface area contributed by atoms with Gasteiger partial charge in [-0.3, -0.25) is 9.69 Å². The van der Waals surface area contributed by atoms with E-state index in [-0.39, 0.29) is 11.9 Å². The van der Waals surface area contributed by atoms with Crippen LogP contribution in [0.5, 0.6) is 0 Å². The van der Waals surface area contributed by atoms with Crippen molar-refractivity contribution in [3.63, 3.8) is 0 Å². The second-order valence-corrected chi connectivity index (χ2v) is 6.43. The van der Waals surface area contributed by atoms with Gasteiger partial charge in [0.1, 0.15) is 0 Å². The lowest BCUT2D eigenvalue weighted by Crippen LogP contribution is -2.50. The highest BCUT2D eigenvalue weighted by atomic mass is 16.5. The topological polar surface area (TPSA) is 53.6 Å². The lowest BCUT2D eigenvalue weighted by atomic mass is 10.1. The van der Waals surface area contributed by atoms with Crippen molar-refractivity contribution in [3.8, 4) is 0 Å². The Bertz CT molecular complexity index is 291. The normalized spacial score (nSPS) is 20.2. The third-order valence-electron chi connectivity index (χ3n) is 4.15. The summed E-state index contributed by atoms with van der Waals surface area (Å²) in [6.45, 7) is 10.6. The first kappa shape index (κ1) is 18.4. The smallest absolute Gasteiger partial charge is 0.237 e. The van der Waals surface area contributed by atoms with Crippen LogP contribution in [-0.4, -0.2) is 62.8 Å². The molecular formula is C16H33N3O2. The zero-order valence-electron chi connectivity index (χ0n) is 14.2. The summed E-state index contributed by atoms with van der Waals surface area (Å²) in [7, 11) is 1.71. The van der Waals surface area contributed by atoms with Gasteiger partial charge in [0.15, 0.2) is 0 Å². The zero-order valence-corrected chi connectivity index (χ0v) is 14.2. The van der Waals surface area contributed by atoms with E-state index in [1.165, 1.54) is 12.8 Å². The highest BCUT2D eigenvalue weighted by Gasteiger charge is 2.25. The van der Waals surface area contributed by atoms with Crippen LogP contribution in [0.2, 0.25) is 0 Å². The highest BCUT2D eigenvalue weighted by Crippen LogP contribution is 2.10. The minimum atomic E-state index is -0.102.